The number of benzene rings is 1. The van der Waals surface area contributed by atoms with Crippen LogP contribution >= 0.6 is 0 Å². The van der Waals surface area contributed by atoms with Gasteiger partial charge in [-0.1, -0.05) is 30.3 Å². The van der Waals surface area contributed by atoms with Crippen molar-refractivity contribution in [3.8, 4) is 6.07 Å². The highest BCUT2D eigenvalue weighted by molar-refractivity contribution is 5.86. The molecule has 4 heteroatoms. The minimum absolute atomic E-state index is 0.0472. The fraction of sp³-hybridized carbons (Fsp3) is 0.429. The van der Waals surface area contributed by atoms with E-state index in [4.69, 9.17) is 10.00 Å². The molecule has 1 aromatic rings. The summed E-state index contributed by atoms with van der Waals surface area (Å²) in [5.41, 5.74) is 0.710. The summed E-state index contributed by atoms with van der Waals surface area (Å²) in [6.07, 6.45) is -0.0472. The highest BCUT2D eigenvalue weighted by atomic mass is 16.5. The van der Waals surface area contributed by atoms with Gasteiger partial charge in [-0.2, -0.15) is 5.26 Å². The van der Waals surface area contributed by atoms with Gasteiger partial charge in [0.25, 0.3) is 0 Å². The van der Waals surface area contributed by atoms with Crippen LogP contribution in [0.25, 0.3) is 0 Å². The molecular formula is C14H18N2O2. The summed E-state index contributed by atoms with van der Waals surface area (Å²) < 4.78 is 5.31. The third-order valence-electron chi connectivity index (χ3n) is 2.54. The summed E-state index contributed by atoms with van der Waals surface area (Å²) in [6, 6.07) is 11.1. The van der Waals surface area contributed by atoms with Crippen LogP contribution in [0.1, 0.15) is 25.3 Å². The summed E-state index contributed by atoms with van der Waals surface area (Å²) in [7, 11) is 0. The largest absolute Gasteiger partial charge is 0.377 e. The Morgan fingerprint density at radius 3 is 2.67 bits per heavy atom. The second-order valence-corrected chi connectivity index (χ2v) is 3.98. The number of carbonyl (C=O) groups is 1. The van der Waals surface area contributed by atoms with Crippen molar-refractivity contribution in [2.75, 3.05) is 13.2 Å². The number of hydrogen-bond acceptors (Lipinski definition) is 3. The summed E-state index contributed by atoms with van der Waals surface area (Å²) in [6.45, 7) is 4.81. The Morgan fingerprint density at radius 1 is 1.44 bits per heavy atom. The Hall–Kier alpha value is -1.86. The number of rotatable bonds is 6. The van der Waals surface area contributed by atoms with E-state index < -0.39 is 5.92 Å². The number of nitrogens with zero attached hydrogens (tertiary/aromatic N) is 1. The van der Waals surface area contributed by atoms with Crippen LogP contribution in [0.4, 0.5) is 0 Å². The molecule has 1 amide bonds. The molecule has 4 nitrogen and oxygen atoms in total. The highest BCUT2D eigenvalue weighted by Crippen LogP contribution is 2.14. The Labute approximate surface area is 108 Å². The number of amides is 1. The first kappa shape index (κ1) is 14.2. The molecule has 0 saturated heterocycles. The first-order valence-electron chi connectivity index (χ1n) is 6.03. The predicted molar refractivity (Wildman–Crippen MR) is 68.9 cm³/mol. The van der Waals surface area contributed by atoms with Gasteiger partial charge in [-0.25, -0.2) is 0 Å². The zero-order valence-electron chi connectivity index (χ0n) is 10.7. The van der Waals surface area contributed by atoms with E-state index in [2.05, 4.69) is 5.32 Å². The van der Waals surface area contributed by atoms with E-state index in [1.54, 1.807) is 12.1 Å². The zero-order chi connectivity index (χ0) is 13.4. The average molecular weight is 246 g/mol. The molecule has 0 aliphatic carbocycles. The van der Waals surface area contributed by atoms with E-state index in [9.17, 15) is 4.79 Å². The van der Waals surface area contributed by atoms with Crippen molar-refractivity contribution in [2.45, 2.75) is 25.9 Å². The molecule has 0 aliphatic rings. The van der Waals surface area contributed by atoms with Crippen LogP contribution in [0.15, 0.2) is 30.3 Å². The Balaban J connectivity index is 2.57. The molecule has 18 heavy (non-hydrogen) atoms. The van der Waals surface area contributed by atoms with Gasteiger partial charge in [0.1, 0.15) is 5.92 Å². The van der Waals surface area contributed by atoms with Gasteiger partial charge in [0.05, 0.1) is 12.2 Å². The van der Waals surface area contributed by atoms with Crippen molar-refractivity contribution in [2.24, 2.45) is 0 Å². The molecule has 0 aliphatic heterocycles. The van der Waals surface area contributed by atoms with Crippen molar-refractivity contribution in [1.29, 1.82) is 5.26 Å². The van der Waals surface area contributed by atoms with Crippen LogP contribution in [-0.2, 0) is 9.53 Å². The van der Waals surface area contributed by atoms with Gasteiger partial charge in [-0.3, -0.25) is 4.79 Å². The van der Waals surface area contributed by atoms with E-state index in [0.29, 0.717) is 18.7 Å². The van der Waals surface area contributed by atoms with Crippen LogP contribution in [0.3, 0.4) is 0 Å². The summed E-state index contributed by atoms with van der Waals surface area (Å²) in [5.74, 6) is -1.05. The van der Waals surface area contributed by atoms with Crippen LogP contribution in [0.5, 0.6) is 0 Å². The normalized spacial score (nSPS) is 13.4. The van der Waals surface area contributed by atoms with Crippen molar-refractivity contribution in [3.05, 3.63) is 35.9 Å². The highest BCUT2D eigenvalue weighted by Gasteiger charge is 2.19. The van der Waals surface area contributed by atoms with Crippen LogP contribution in [0.2, 0.25) is 0 Å². The first-order chi connectivity index (χ1) is 8.69. The van der Waals surface area contributed by atoms with E-state index in [1.165, 1.54) is 0 Å². The molecule has 1 aromatic carbocycles. The van der Waals surface area contributed by atoms with Crippen LogP contribution in [-0.4, -0.2) is 25.2 Å². The van der Waals surface area contributed by atoms with Gasteiger partial charge in [-0.05, 0) is 19.4 Å². The van der Waals surface area contributed by atoms with Gasteiger partial charge in [0.2, 0.25) is 5.91 Å². The van der Waals surface area contributed by atoms with Crippen LogP contribution in [0, 0.1) is 11.3 Å². The molecule has 0 heterocycles. The van der Waals surface area contributed by atoms with Gasteiger partial charge in [0, 0.05) is 13.2 Å². The molecule has 0 spiro atoms. The smallest absolute Gasteiger partial charge is 0.241 e. The lowest BCUT2D eigenvalue weighted by Gasteiger charge is -2.14. The third kappa shape index (κ3) is 4.19. The SMILES string of the molecule is CCOC(C)CNC(=O)C(C#N)c1ccccc1. The second kappa shape index (κ2) is 7.46. The number of hydrogen-bond donors (Lipinski definition) is 1. The summed E-state index contributed by atoms with van der Waals surface area (Å²) in [5, 5.41) is 11.8. The quantitative estimate of drug-likeness (QED) is 0.833. The maximum Gasteiger partial charge on any atom is 0.241 e. The standard InChI is InChI=1S/C14H18N2O2/c1-3-18-11(2)10-16-14(17)13(9-15)12-7-5-4-6-8-12/h4-8,11,13H,3,10H2,1-2H3,(H,16,17). The van der Waals surface area contributed by atoms with Crippen molar-refractivity contribution in [3.63, 3.8) is 0 Å². The number of carbonyl (C=O) groups excluding carboxylic acids is 1. The number of ether oxygens (including phenoxy) is 1. The topological polar surface area (TPSA) is 62.1 Å². The molecule has 0 bridgehead atoms. The number of nitriles is 1. The lowest BCUT2D eigenvalue weighted by Crippen LogP contribution is -2.35. The van der Waals surface area contributed by atoms with E-state index in [-0.39, 0.29) is 12.0 Å². The maximum absolute atomic E-state index is 11.9. The number of nitrogens with one attached hydrogen (secondary N) is 1. The first-order valence-corrected chi connectivity index (χ1v) is 6.03. The van der Waals surface area contributed by atoms with Gasteiger partial charge in [-0.15, -0.1) is 0 Å². The zero-order valence-corrected chi connectivity index (χ0v) is 10.7. The molecule has 0 radical (unpaired) electrons. The molecule has 0 fully saturated rings. The minimum Gasteiger partial charge on any atom is -0.377 e. The van der Waals surface area contributed by atoms with E-state index in [1.807, 2.05) is 38.1 Å². The molecule has 2 unspecified atom stereocenters. The molecule has 2 atom stereocenters. The van der Waals surface area contributed by atoms with Gasteiger partial charge in [0.15, 0.2) is 0 Å². The summed E-state index contributed by atoms with van der Waals surface area (Å²) >= 11 is 0. The molecular weight excluding hydrogens is 228 g/mol. The van der Waals surface area contributed by atoms with Gasteiger partial charge >= 0.3 is 0 Å². The Morgan fingerprint density at radius 2 is 2.11 bits per heavy atom. The van der Waals surface area contributed by atoms with Crippen LogP contribution < -0.4 is 5.32 Å². The third-order valence-corrected chi connectivity index (χ3v) is 2.54. The molecule has 0 aromatic heterocycles. The van der Waals surface area contributed by atoms with Gasteiger partial charge < -0.3 is 10.1 Å². The Kier molecular flexibility index (Phi) is 5.89. The fourth-order valence-electron chi connectivity index (χ4n) is 1.62. The second-order valence-electron chi connectivity index (χ2n) is 3.98. The van der Waals surface area contributed by atoms with E-state index in [0.717, 1.165) is 0 Å². The lowest BCUT2D eigenvalue weighted by atomic mass is 10.00. The predicted octanol–water partition coefficient (Wildman–Crippen LogP) is 1.83. The molecule has 0 saturated carbocycles. The average Bonchev–Trinajstić information content (AvgIpc) is 2.39. The maximum atomic E-state index is 11.9. The minimum atomic E-state index is -0.764. The Bertz CT molecular complexity index is 412. The molecule has 1 N–H and O–H groups in total. The fourth-order valence-corrected chi connectivity index (χ4v) is 1.62. The molecule has 1 rings (SSSR count). The monoisotopic (exact) mass is 246 g/mol. The molecule has 96 valence electrons. The lowest BCUT2D eigenvalue weighted by molar-refractivity contribution is -0.122. The van der Waals surface area contributed by atoms with Crippen molar-refractivity contribution < 1.29 is 9.53 Å². The van der Waals surface area contributed by atoms with Crippen molar-refractivity contribution in [1.82, 2.24) is 5.32 Å². The summed E-state index contributed by atoms with van der Waals surface area (Å²) in [4.78, 5) is 11.9. The van der Waals surface area contributed by atoms with E-state index >= 15 is 0 Å². The van der Waals surface area contributed by atoms with Crippen molar-refractivity contribution >= 4 is 5.91 Å².